The van der Waals surface area contributed by atoms with Gasteiger partial charge in [0.1, 0.15) is 11.5 Å². The highest BCUT2D eigenvalue weighted by Gasteiger charge is 2.13. The van der Waals surface area contributed by atoms with Crippen LogP contribution in [0.5, 0.6) is 11.5 Å². The highest BCUT2D eigenvalue weighted by Crippen LogP contribution is 2.38. The average Bonchev–Trinajstić information content (AvgIpc) is 2.37. The van der Waals surface area contributed by atoms with E-state index in [4.69, 9.17) is 45.3 Å². The lowest BCUT2D eigenvalue weighted by molar-refractivity contribution is 0.472. The number of hydrogen-bond acceptors (Lipinski definition) is 2. The molecule has 2 aromatic carbocycles. The van der Waals surface area contributed by atoms with Gasteiger partial charge in [-0.3, -0.25) is 0 Å². The second-order valence-electron chi connectivity index (χ2n) is 4.27. The van der Waals surface area contributed by atoms with Gasteiger partial charge in [0.2, 0.25) is 0 Å². The number of nitrogens with two attached hydrogens (primary N) is 1. The Morgan fingerprint density at radius 2 is 1.65 bits per heavy atom. The predicted molar refractivity (Wildman–Crippen MR) is 88.3 cm³/mol. The summed E-state index contributed by atoms with van der Waals surface area (Å²) in [5.41, 5.74) is 6.81. The summed E-state index contributed by atoms with van der Waals surface area (Å²) in [6.07, 6.45) is 0. The van der Waals surface area contributed by atoms with Gasteiger partial charge in [0.15, 0.2) is 0 Å². The second-order valence-corrected chi connectivity index (χ2v) is 6.41. The molecule has 0 amide bonds. The molecule has 2 aromatic rings. The first-order valence-corrected chi connectivity index (χ1v) is 7.68. The van der Waals surface area contributed by atoms with Gasteiger partial charge in [0, 0.05) is 22.1 Å². The normalized spacial score (nSPS) is 12.3. The van der Waals surface area contributed by atoms with E-state index in [1.165, 1.54) is 0 Å². The molecule has 1 atom stereocenters. The zero-order valence-electron chi connectivity index (χ0n) is 10.5. The van der Waals surface area contributed by atoms with Crippen molar-refractivity contribution in [1.29, 1.82) is 0 Å². The van der Waals surface area contributed by atoms with Crippen LogP contribution >= 0.6 is 50.7 Å². The summed E-state index contributed by atoms with van der Waals surface area (Å²) in [6.45, 7) is 1.88. The Morgan fingerprint density at radius 1 is 1.00 bits per heavy atom. The summed E-state index contributed by atoms with van der Waals surface area (Å²) < 4.78 is 6.74. The number of halogens is 4. The molecule has 1 unspecified atom stereocenters. The summed E-state index contributed by atoms with van der Waals surface area (Å²) in [5.74, 6) is 1.06. The number of rotatable bonds is 3. The van der Waals surface area contributed by atoms with Gasteiger partial charge >= 0.3 is 0 Å². The zero-order valence-corrected chi connectivity index (χ0v) is 14.3. The lowest BCUT2D eigenvalue weighted by Gasteiger charge is -2.15. The van der Waals surface area contributed by atoms with Crippen LogP contribution in [0, 0.1) is 0 Å². The molecule has 2 nitrogen and oxygen atoms in total. The quantitative estimate of drug-likeness (QED) is 0.626. The molecule has 0 aromatic heterocycles. The Hall–Kier alpha value is -0.450. The third-order valence-electron chi connectivity index (χ3n) is 2.66. The Labute approximate surface area is 140 Å². The fourth-order valence-corrected chi connectivity index (χ4v) is 2.62. The minimum Gasteiger partial charge on any atom is -0.455 e. The molecule has 0 spiro atoms. The van der Waals surface area contributed by atoms with Crippen molar-refractivity contribution in [1.82, 2.24) is 0 Å². The molecule has 0 saturated carbocycles. The third kappa shape index (κ3) is 3.60. The fraction of sp³-hybridized carbons (Fsp3) is 0.143. The van der Waals surface area contributed by atoms with Crippen LogP contribution in [-0.2, 0) is 0 Å². The van der Waals surface area contributed by atoms with Crippen molar-refractivity contribution in [3.63, 3.8) is 0 Å². The Bertz CT molecular complexity index is 647. The van der Waals surface area contributed by atoms with Crippen molar-refractivity contribution in [3.8, 4) is 11.5 Å². The van der Waals surface area contributed by atoms with Gasteiger partial charge in [-0.2, -0.15) is 0 Å². The van der Waals surface area contributed by atoms with E-state index in [1.807, 2.05) is 25.1 Å². The van der Waals surface area contributed by atoms with E-state index in [0.717, 1.165) is 10.0 Å². The summed E-state index contributed by atoms with van der Waals surface area (Å²) >= 11 is 21.4. The average molecular weight is 396 g/mol. The van der Waals surface area contributed by atoms with Crippen LogP contribution in [0.4, 0.5) is 0 Å². The fourth-order valence-electron chi connectivity index (χ4n) is 1.67. The van der Waals surface area contributed by atoms with Gasteiger partial charge in [-0.1, -0.05) is 50.7 Å². The van der Waals surface area contributed by atoms with Crippen molar-refractivity contribution in [2.24, 2.45) is 5.73 Å². The predicted octanol–water partition coefficient (Wildman–Crippen LogP) is 6.22. The van der Waals surface area contributed by atoms with Crippen LogP contribution < -0.4 is 10.5 Å². The molecule has 20 heavy (non-hydrogen) atoms. The van der Waals surface area contributed by atoms with Gasteiger partial charge < -0.3 is 10.5 Å². The molecule has 0 bridgehead atoms. The zero-order chi connectivity index (χ0) is 14.9. The largest absolute Gasteiger partial charge is 0.455 e. The maximum absolute atomic E-state index is 6.11. The van der Waals surface area contributed by atoms with Crippen molar-refractivity contribution in [2.45, 2.75) is 13.0 Å². The maximum Gasteiger partial charge on any atom is 0.147 e. The van der Waals surface area contributed by atoms with Gasteiger partial charge in [0.25, 0.3) is 0 Å². The molecule has 2 N–H and O–H groups in total. The van der Waals surface area contributed by atoms with E-state index in [-0.39, 0.29) is 6.04 Å². The van der Waals surface area contributed by atoms with Gasteiger partial charge in [-0.05, 0) is 31.2 Å². The van der Waals surface area contributed by atoms with Crippen LogP contribution in [0.3, 0.4) is 0 Å². The maximum atomic E-state index is 6.11. The van der Waals surface area contributed by atoms with Gasteiger partial charge in [0.05, 0.1) is 15.1 Å². The minimum atomic E-state index is -0.177. The monoisotopic (exact) mass is 393 g/mol. The molecule has 0 heterocycles. The SMILES string of the molecule is CC(N)c1cc(Br)ccc1Oc1cc(Cl)c(Cl)cc1Cl. The Balaban J connectivity index is 2.42. The third-order valence-corrected chi connectivity index (χ3v) is 4.17. The van der Waals surface area contributed by atoms with Crippen LogP contribution in [0.25, 0.3) is 0 Å². The molecule has 0 aliphatic carbocycles. The molecule has 0 radical (unpaired) electrons. The van der Waals surface area contributed by atoms with E-state index in [9.17, 15) is 0 Å². The highest BCUT2D eigenvalue weighted by molar-refractivity contribution is 9.10. The molecule has 6 heteroatoms. The van der Waals surface area contributed by atoms with Crippen LogP contribution in [0.15, 0.2) is 34.8 Å². The minimum absolute atomic E-state index is 0.177. The van der Waals surface area contributed by atoms with Crippen molar-refractivity contribution >= 4 is 50.7 Å². The molecule has 2 rings (SSSR count). The molecule has 106 valence electrons. The number of ether oxygens (including phenoxy) is 1. The molecule has 0 fully saturated rings. The lowest BCUT2D eigenvalue weighted by Crippen LogP contribution is -2.06. The molecular weight excluding hydrogens is 384 g/mol. The van der Waals surface area contributed by atoms with Crippen molar-refractivity contribution in [3.05, 3.63) is 55.4 Å². The van der Waals surface area contributed by atoms with E-state index in [1.54, 1.807) is 12.1 Å². The van der Waals surface area contributed by atoms with Crippen LogP contribution in [-0.4, -0.2) is 0 Å². The first-order chi connectivity index (χ1) is 9.38. The van der Waals surface area contributed by atoms with E-state index < -0.39 is 0 Å². The summed E-state index contributed by atoms with van der Waals surface area (Å²) in [4.78, 5) is 0. The molecule has 0 saturated heterocycles. The lowest BCUT2D eigenvalue weighted by atomic mass is 10.1. The standard InChI is InChI=1S/C14H11BrCl3NO/c1-7(19)9-4-8(15)2-3-13(9)20-14-6-11(17)10(16)5-12(14)18/h2-7H,19H2,1H3. The van der Waals surface area contributed by atoms with E-state index in [2.05, 4.69) is 15.9 Å². The van der Waals surface area contributed by atoms with E-state index in [0.29, 0.717) is 26.6 Å². The van der Waals surface area contributed by atoms with Gasteiger partial charge in [-0.25, -0.2) is 0 Å². The summed E-state index contributed by atoms with van der Waals surface area (Å²) in [7, 11) is 0. The van der Waals surface area contributed by atoms with Crippen LogP contribution in [0.1, 0.15) is 18.5 Å². The summed E-state index contributed by atoms with van der Waals surface area (Å²) in [6, 6.07) is 8.55. The van der Waals surface area contributed by atoms with Crippen molar-refractivity contribution < 1.29 is 4.74 Å². The Morgan fingerprint density at radius 3 is 2.30 bits per heavy atom. The first-order valence-electron chi connectivity index (χ1n) is 5.76. The summed E-state index contributed by atoms with van der Waals surface area (Å²) in [5, 5.41) is 1.15. The first kappa shape index (κ1) is 15.9. The van der Waals surface area contributed by atoms with Crippen LogP contribution in [0.2, 0.25) is 15.1 Å². The molecule has 0 aliphatic heterocycles. The second kappa shape index (κ2) is 6.54. The van der Waals surface area contributed by atoms with Gasteiger partial charge in [-0.15, -0.1) is 0 Å². The number of benzene rings is 2. The number of hydrogen-bond donors (Lipinski definition) is 1. The molecule has 0 aliphatic rings. The smallest absolute Gasteiger partial charge is 0.147 e. The molecular formula is C14H11BrCl3NO. The topological polar surface area (TPSA) is 35.2 Å². The Kier molecular flexibility index (Phi) is 5.21. The van der Waals surface area contributed by atoms with Crippen molar-refractivity contribution in [2.75, 3.05) is 0 Å². The van der Waals surface area contributed by atoms with E-state index >= 15 is 0 Å². The highest BCUT2D eigenvalue weighted by atomic mass is 79.9.